The number of unbranched alkanes of at least 4 members (excludes halogenated alkanes) is 19. The van der Waals surface area contributed by atoms with E-state index in [0.29, 0.717) is 5.92 Å². The van der Waals surface area contributed by atoms with Gasteiger partial charge in [-0.25, -0.2) is 0 Å². The van der Waals surface area contributed by atoms with Gasteiger partial charge in [0, 0.05) is 16.1 Å². The predicted octanol–water partition coefficient (Wildman–Crippen LogP) is 12.4. The molecule has 2 heteroatoms. The molecule has 1 aliphatic rings. The van der Waals surface area contributed by atoms with Crippen molar-refractivity contribution in [3.05, 3.63) is 52.0 Å². The second-order valence-electron chi connectivity index (χ2n) is 11.6. The Balaban J connectivity index is 1.15. The third-order valence-electron chi connectivity index (χ3n) is 8.48. The maximum absolute atomic E-state index is 6.15. The van der Waals surface area contributed by atoms with Crippen LogP contribution in [-0.4, -0.2) is 0 Å². The first-order valence-electron chi connectivity index (χ1n) is 15.9. The van der Waals surface area contributed by atoms with Crippen molar-refractivity contribution in [3.8, 4) is 11.1 Å². The minimum absolute atomic E-state index is 0.501. The van der Waals surface area contributed by atoms with Crippen LogP contribution in [0.4, 0.5) is 5.69 Å². The highest BCUT2D eigenvalue weighted by Gasteiger charge is 2.28. The lowest BCUT2D eigenvalue weighted by molar-refractivity contribution is 0.518. The molecule has 37 heavy (non-hydrogen) atoms. The normalized spacial score (nSPS) is 14.2. The number of nitrogen functional groups attached to an aromatic ring is 1. The quantitative estimate of drug-likeness (QED) is 0.118. The van der Waals surface area contributed by atoms with Crippen LogP contribution in [0.15, 0.2) is 40.9 Å². The van der Waals surface area contributed by atoms with Crippen molar-refractivity contribution in [1.29, 1.82) is 0 Å². The number of rotatable bonds is 21. The molecule has 0 heterocycles. The van der Waals surface area contributed by atoms with Crippen LogP contribution in [0.1, 0.15) is 159 Å². The summed E-state index contributed by atoms with van der Waals surface area (Å²) in [5.74, 6) is 0.501. The molecule has 0 saturated carbocycles. The third kappa shape index (κ3) is 10.8. The molecule has 2 aromatic carbocycles. The Bertz CT molecular complexity index is 837. The van der Waals surface area contributed by atoms with Gasteiger partial charge in [-0.3, -0.25) is 0 Å². The molecule has 0 saturated heterocycles. The van der Waals surface area contributed by atoms with Gasteiger partial charge < -0.3 is 5.73 Å². The number of hydrogen-bond acceptors (Lipinski definition) is 1. The van der Waals surface area contributed by atoms with E-state index in [4.69, 9.17) is 5.73 Å². The summed E-state index contributed by atoms with van der Waals surface area (Å²) in [4.78, 5) is 0. The Morgan fingerprint density at radius 1 is 0.541 bits per heavy atom. The predicted molar refractivity (Wildman–Crippen MR) is 168 cm³/mol. The van der Waals surface area contributed by atoms with Gasteiger partial charge in [0.2, 0.25) is 0 Å². The second kappa shape index (κ2) is 18.1. The van der Waals surface area contributed by atoms with Gasteiger partial charge >= 0.3 is 0 Å². The van der Waals surface area contributed by atoms with Gasteiger partial charge in [-0.05, 0) is 52.9 Å². The summed E-state index contributed by atoms with van der Waals surface area (Å²) >= 11 is 3.69. The summed E-state index contributed by atoms with van der Waals surface area (Å²) in [5, 5.41) is 0. The molecule has 1 atom stereocenters. The monoisotopic (exact) mass is 567 g/mol. The van der Waals surface area contributed by atoms with Crippen molar-refractivity contribution in [1.82, 2.24) is 0 Å². The first-order chi connectivity index (χ1) is 18.2. The number of hydrogen-bond donors (Lipinski definition) is 1. The van der Waals surface area contributed by atoms with E-state index in [1.54, 1.807) is 0 Å². The lowest BCUT2D eigenvalue weighted by atomic mass is 9.91. The van der Waals surface area contributed by atoms with Crippen molar-refractivity contribution < 1.29 is 0 Å². The molecule has 1 unspecified atom stereocenters. The van der Waals surface area contributed by atoms with Crippen molar-refractivity contribution in [2.24, 2.45) is 0 Å². The van der Waals surface area contributed by atoms with Crippen molar-refractivity contribution in [2.75, 3.05) is 5.73 Å². The summed E-state index contributed by atoms with van der Waals surface area (Å²) in [6.45, 7) is 2.30. The average molecular weight is 569 g/mol. The maximum atomic E-state index is 6.15. The first-order valence-corrected chi connectivity index (χ1v) is 16.7. The SMILES string of the molecule is CCCCCCCCCCCCCCCCCCCCCCC1c2cc(N)ccc2-c2ccc(Br)cc21. The van der Waals surface area contributed by atoms with E-state index >= 15 is 0 Å². The molecule has 3 rings (SSSR count). The smallest absolute Gasteiger partial charge is 0.0317 e. The lowest BCUT2D eigenvalue weighted by Gasteiger charge is -2.14. The standard InChI is InChI=1S/C35H54BrN/c1-2-3-4-5-6-7-8-9-10-11-12-13-14-15-16-17-18-19-20-21-22-31-34-27-29(36)23-25-32(34)33-26-24-30(37)28-35(31)33/h23-28,31H,2-22,37H2,1H3. The van der Waals surface area contributed by atoms with E-state index < -0.39 is 0 Å². The third-order valence-corrected chi connectivity index (χ3v) is 8.97. The summed E-state index contributed by atoms with van der Waals surface area (Å²) in [7, 11) is 0. The maximum Gasteiger partial charge on any atom is 0.0317 e. The van der Waals surface area contributed by atoms with Gasteiger partial charge in [0.1, 0.15) is 0 Å². The van der Waals surface area contributed by atoms with Crippen molar-refractivity contribution in [2.45, 2.75) is 148 Å². The zero-order valence-corrected chi connectivity index (χ0v) is 25.4. The minimum Gasteiger partial charge on any atom is -0.399 e. The van der Waals surface area contributed by atoms with Crippen LogP contribution < -0.4 is 5.73 Å². The number of fused-ring (bicyclic) bond motifs is 3. The molecule has 0 fully saturated rings. The summed E-state index contributed by atoms with van der Waals surface area (Å²) in [6, 6.07) is 13.2. The Morgan fingerprint density at radius 3 is 1.43 bits per heavy atom. The molecule has 0 spiro atoms. The van der Waals surface area contributed by atoms with Gasteiger partial charge in [-0.1, -0.05) is 163 Å². The largest absolute Gasteiger partial charge is 0.399 e. The van der Waals surface area contributed by atoms with E-state index in [2.05, 4.69) is 53.2 Å². The van der Waals surface area contributed by atoms with E-state index in [1.165, 1.54) is 162 Å². The Hall–Kier alpha value is -1.28. The van der Waals surface area contributed by atoms with Crippen molar-refractivity contribution >= 4 is 21.6 Å². The first kappa shape index (κ1) is 30.3. The van der Waals surface area contributed by atoms with Crippen molar-refractivity contribution in [3.63, 3.8) is 0 Å². The van der Waals surface area contributed by atoms with Gasteiger partial charge in [-0.2, -0.15) is 0 Å². The fourth-order valence-electron chi connectivity index (χ4n) is 6.26. The fourth-order valence-corrected chi connectivity index (χ4v) is 6.64. The van der Waals surface area contributed by atoms with Gasteiger partial charge in [0.25, 0.3) is 0 Å². The van der Waals surface area contributed by atoms with E-state index in [9.17, 15) is 0 Å². The van der Waals surface area contributed by atoms with E-state index in [-0.39, 0.29) is 0 Å². The Kier molecular flexibility index (Phi) is 14.8. The molecule has 1 nitrogen and oxygen atoms in total. The van der Waals surface area contributed by atoms with Crippen LogP contribution in [0.2, 0.25) is 0 Å². The topological polar surface area (TPSA) is 26.0 Å². The Labute approximate surface area is 237 Å². The summed E-state index contributed by atoms with van der Waals surface area (Å²) < 4.78 is 1.18. The lowest BCUT2D eigenvalue weighted by Crippen LogP contribution is -1.98. The molecule has 0 bridgehead atoms. The number of anilines is 1. The van der Waals surface area contributed by atoms with Crippen LogP contribution >= 0.6 is 15.9 Å². The van der Waals surface area contributed by atoms with Gasteiger partial charge in [0.05, 0.1) is 0 Å². The Morgan fingerprint density at radius 2 is 0.946 bits per heavy atom. The summed E-state index contributed by atoms with van der Waals surface area (Å²) in [6.07, 6.45) is 29.9. The molecular formula is C35H54BrN. The molecule has 0 aliphatic heterocycles. The molecule has 206 valence electrons. The average Bonchev–Trinajstić information content (AvgIpc) is 3.19. The highest BCUT2D eigenvalue weighted by molar-refractivity contribution is 9.10. The minimum atomic E-state index is 0.501. The molecule has 2 aromatic rings. The highest BCUT2D eigenvalue weighted by Crippen LogP contribution is 2.48. The number of benzene rings is 2. The van der Waals surface area contributed by atoms with Crippen LogP contribution in [0.25, 0.3) is 11.1 Å². The van der Waals surface area contributed by atoms with Crippen LogP contribution in [0, 0.1) is 0 Å². The van der Waals surface area contributed by atoms with Crippen LogP contribution in [0.3, 0.4) is 0 Å². The molecule has 2 N–H and O–H groups in total. The molecule has 0 aromatic heterocycles. The highest BCUT2D eigenvalue weighted by atomic mass is 79.9. The zero-order chi connectivity index (χ0) is 26.1. The van der Waals surface area contributed by atoms with Gasteiger partial charge in [-0.15, -0.1) is 0 Å². The van der Waals surface area contributed by atoms with Crippen LogP contribution in [0.5, 0.6) is 0 Å². The van der Waals surface area contributed by atoms with Gasteiger partial charge in [0.15, 0.2) is 0 Å². The van der Waals surface area contributed by atoms with Crippen LogP contribution in [-0.2, 0) is 0 Å². The second-order valence-corrected chi connectivity index (χ2v) is 12.6. The molecule has 1 aliphatic carbocycles. The molecular weight excluding hydrogens is 514 g/mol. The fraction of sp³-hybridized carbons (Fsp3) is 0.657. The molecule has 0 radical (unpaired) electrons. The zero-order valence-electron chi connectivity index (χ0n) is 23.8. The summed E-state index contributed by atoms with van der Waals surface area (Å²) in [5.41, 5.74) is 12.7. The van der Waals surface area contributed by atoms with E-state index in [0.717, 1.165) is 5.69 Å². The molecule has 0 amide bonds. The van der Waals surface area contributed by atoms with E-state index in [1.807, 2.05) is 6.07 Å². The number of nitrogens with two attached hydrogens (primary N) is 1. The number of halogens is 1.